The van der Waals surface area contributed by atoms with Gasteiger partial charge in [-0.15, -0.1) is 0 Å². The maximum Gasteiger partial charge on any atom is 0.163 e. The summed E-state index contributed by atoms with van der Waals surface area (Å²) in [6.07, 6.45) is 6.57. The molecule has 0 bridgehead atoms. The Labute approximate surface area is 144 Å². The molecule has 0 heterocycles. The number of Topliss-reactive ketones (excluding diaryl/α,β-unsaturated/α-hetero) is 1. The minimum atomic E-state index is 0.200. The van der Waals surface area contributed by atoms with E-state index in [-0.39, 0.29) is 5.78 Å². The molecule has 0 aliphatic rings. The second-order valence-corrected chi connectivity index (χ2v) is 6.53. The highest BCUT2D eigenvalue weighted by atomic mass is 35.5. The lowest BCUT2D eigenvalue weighted by molar-refractivity contribution is 0.0972. The van der Waals surface area contributed by atoms with Crippen molar-refractivity contribution in [1.82, 2.24) is 0 Å². The van der Waals surface area contributed by atoms with Crippen molar-refractivity contribution >= 4 is 17.4 Å². The maximum atomic E-state index is 12.6. The molecule has 0 aliphatic heterocycles. The number of ketones is 1. The van der Waals surface area contributed by atoms with E-state index in [9.17, 15) is 4.79 Å². The second-order valence-electron chi connectivity index (χ2n) is 6.09. The summed E-state index contributed by atoms with van der Waals surface area (Å²) in [5.41, 5.74) is 2.02. The molecule has 2 rings (SSSR count). The van der Waals surface area contributed by atoms with Crippen molar-refractivity contribution < 1.29 is 4.79 Å². The van der Waals surface area contributed by atoms with Crippen LogP contribution >= 0.6 is 11.6 Å². The van der Waals surface area contributed by atoms with Gasteiger partial charge in [0.2, 0.25) is 0 Å². The molecule has 23 heavy (non-hydrogen) atoms. The van der Waals surface area contributed by atoms with Crippen LogP contribution in [-0.4, -0.2) is 5.78 Å². The van der Waals surface area contributed by atoms with Gasteiger partial charge in [-0.2, -0.15) is 0 Å². The van der Waals surface area contributed by atoms with Gasteiger partial charge in [-0.25, -0.2) is 0 Å². The first-order valence-corrected chi connectivity index (χ1v) is 8.92. The van der Waals surface area contributed by atoms with Crippen LogP contribution in [0.15, 0.2) is 54.6 Å². The Morgan fingerprint density at radius 2 is 1.65 bits per heavy atom. The number of carbonyl (C=O) groups excluding carboxylic acids is 1. The van der Waals surface area contributed by atoms with Crippen LogP contribution in [0, 0.1) is 0 Å². The number of hydrogen-bond donors (Lipinski definition) is 0. The van der Waals surface area contributed by atoms with Gasteiger partial charge in [0.05, 0.1) is 0 Å². The second kappa shape index (κ2) is 9.52. The number of benzene rings is 2. The van der Waals surface area contributed by atoms with E-state index in [1.165, 1.54) is 31.2 Å². The predicted octanol–water partition coefficient (Wildman–Crippen LogP) is 6.67. The monoisotopic (exact) mass is 328 g/mol. The molecule has 2 aromatic rings. The summed E-state index contributed by atoms with van der Waals surface area (Å²) in [6, 6.07) is 17.6. The molecule has 0 spiro atoms. The Morgan fingerprint density at radius 3 is 2.30 bits per heavy atom. The van der Waals surface area contributed by atoms with Crippen LogP contribution in [0.5, 0.6) is 0 Å². The van der Waals surface area contributed by atoms with Crippen LogP contribution in [0.1, 0.15) is 67.3 Å². The molecule has 0 saturated heterocycles. The molecule has 0 saturated carbocycles. The molecular weight excluding hydrogens is 304 g/mol. The molecule has 0 N–H and O–H groups in total. The van der Waals surface area contributed by atoms with Gasteiger partial charge in [0.1, 0.15) is 0 Å². The fourth-order valence-corrected chi connectivity index (χ4v) is 3.03. The van der Waals surface area contributed by atoms with Gasteiger partial charge in [-0.1, -0.05) is 74.5 Å². The third-order valence-electron chi connectivity index (χ3n) is 4.28. The number of hydrogen-bond acceptors (Lipinski definition) is 1. The Hall–Kier alpha value is -1.60. The summed E-state index contributed by atoms with van der Waals surface area (Å²) in [7, 11) is 0. The predicted molar refractivity (Wildman–Crippen MR) is 98.3 cm³/mol. The quantitative estimate of drug-likeness (QED) is 0.371. The van der Waals surface area contributed by atoms with E-state index in [2.05, 4.69) is 31.2 Å². The maximum absolute atomic E-state index is 12.6. The fraction of sp³-hybridized carbons (Fsp3) is 0.381. The molecule has 1 unspecified atom stereocenters. The molecule has 2 heteroatoms. The average molecular weight is 329 g/mol. The van der Waals surface area contributed by atoms with Crippen LogP contribution in [0.2, 0.25) is 5.02 Å². The van der Waals surface area contributed by atoms with Gasteiger partial charge >= 0.3 is 0 Å². The third-order valence-corrected chi connectivity index (χ3v) is 4.53. The van der Waals surface area contributed by atoms with Crippen molar-refractivity contribution in [1.29, 1.82) is 0 Å². The van der Waals surface area contributed by atoms with Gasteiger partial charge in [0.25, 0.3) is 0 Å². The zero-order valence-corrected chi connectivity index (χ0v) is 14.6. The Bertz CT molecular complexity index is 589. The van der Waals surface area contributed by atoms with Crippen LogP contribution < -0.4 is 0 Å². The van der Waals surface area contributed by atoms with Gasteiger partial charge in [-0.05, 0) is 42.2 Å². The molecule has 1 atom stereocenters. The van der Waals surface area contributed by atoms with Crippen molar-refractivity contribution in [3.8, 4) is 0 Å². The Kier molecular flexibility index (Phi) is 7.35. The lowest BCUT2D eigenvalue weighted by Gasteiger charge is -2.17. The minimum absolute atomic E-state index is 0.200. The first-order valence-electron chi connectivity index (χ1n) is 8.54. The number of rotatable bonds is 9. The van der Waals surface area contributed by atoms with E-state index in [0.29, 0.717) is 17.4 Å². The lowest BCUT2D eigenvalue weighted by Crippen LogP contribution is -2.08. The summed E-state index contributed by atoms with van der Waals surface area (Å²) in [5.74, 6) is 0.502. The summed E-state index contributed by atoms with van der Waals surface area (Å²) < 4.78 is 0. The zero-order chi connectivity index (χ0) is 16.5. The summed E-state index contributed by atoms with van der Waals surface area (Å²) in [4.78, 5) is 12.6. The number of unbranched alkanes of at least 4 members (excludes halogenated alkanes) is 3. The SMILES string of the molecule is CCCCCCC(CC(=O)c1ccc(Cl)cc1)c1ccccc1. The van der Waals surface area contributed by atoms with Crippen molar-refractivity contribution in [3.05, 3.63) is 70.7 Å². The number of halogens is 1. The van der Waals surface area contributed by atoms with E-state index >= 15 is 0 Å². The molecule has 0 radical (unpaired) electrons. The van der Waals surface area contributed by atoms with Crippen molar-refractivity contribution in [2.45, 2.75) is 51.4 Å². The van der Waals surface area contributed by atoms with E-state index in [0.717, 1.165) is 12.0 Å². The summed E-state index contributed by atoms with van der Waals surface area (Å²) >= 11 is 5.90. The van der Waals surface area contributed by atoms with E-state index in [1.807, 2.05) is 18.2 Å². The van der Waals surface area contributed by atoms with Crippen LogP contribution in [-0.2, 0) is 0 Å². The lowest BCUT2D eigenvalue weighted by atomic mass is 9.87. The van der Waals surface area contributed by atoms with Crippen molar-refractivity contribution in [2.24, 2.45) is 0 Å². The largest absolute Gasteiger partial charge is 0.294 e. The molecule has 1 nitrogen and oxygen atoms in total. The van der Waals surface area contributed by atoms with Crippen molar-refractivity contribution in [3.63, 3.8) is 0 Å². The molecule has 122 valence electrons. The fourth-order valence-electron chi connectivity index (χ4n) is 2.91. The van der Waals surface area contributed by atoms with Gasteiger partial charge in [-0.3, -0.25) is 4.79 Å². The Morgan fingerprint density at radius 1 is 0.957 bits per heavy atom. The molecule has 2 aromatic carbocycles. The third kappa shape index (κ3) is 5.84. The smallest absolute Gasteiger partial charge is 0.163 e. The van der Waals surface area contributed by atoms with Crippen molar-refractivity contribution in [2.75, 3.05) is 0 Å². The topological polar surface area (TPSA) is 17.1 Å². The Balaban J connectivity index is 2.04. The average Bonchev–Trinajstić information content (AvgIpc) is 2.59. The molecular formula is C21H25ClO. The minimum Gasteiger partial charge on any atom is -0.294 e. The highest BCUT2D eigenvalue weighted by Gasteiger charge is 2.17. The van der Waals surface area contributed by atoms with E-state index in [1.54, 1.807) is 12.1 Å². The van der Waals surface area contributed by atoms with E-state index < -0.39 is 0 Å². The first kappa shape index (κ1) is 17.7. The molecule has 0 aromatic heterocycles. The normalized spacial score (nSPS) is 12.1. The van der Waals surface area contributed by atoms with Crippen LogP contribution in [0.4, 0.5) is 0 Å². The summed E-state index contributed by atoms with van der Waals surface area (Å²) in [5, 5.41) is 0.667. The highest BCUT2D eigenvalue weighted by molar-refractivity contribution is 6.30. The molecule has 0 fully saturated rings. The van der Waals surface area contributed by atoms with Gasteiger partial charge < -0.3 is 0 Å². The van der Waals surface area contributed by atoms with Gasteiger partial charge in [0.15, 0.2) is 5.78 Å². The molecule has 0 aliphatic carbocycles. The first-order chi connectivity index (χ1) is 11.2. The number of carbonyl (C=O) groups is 1. The summed E-state index contributed by atoms with van der Waals surface area (Å²) in [6.45, 7) is 2.22. The van der Waals surface area contributed by atoms with Crippen LogP contribution in [0.3, 0.4) is 0 Å². The standard InChI is InChI=1S/C21H25ClO/c1-2-3-4-6-11-19(17-9-7-5-8-10-17)16-21(23)18-12-14-20(22)15-13-18/h5,7-10,12-15,19H,2-4,6,11,16H2,1H3. The zero-order valence-electron chi connectivity index (χ0n) is 13.8. The van der Waals surface area contributed by atoms with Crippen LogP contribution in [0.25, 0.3) is 0 Å². The van der Waals surface area contributed by atoms with E-state index in [4.69, 9.17) is 11.6 Å². The van der Waals surface area contributed by atoms with Gasteiger partial charge in [0, 0.05) is 17.0 Å². The highest BCUT2D eigenvalue weighted by Crippen LogP contribution is 2.28. The molecule has 0 amide bonds.